The minimum Gasteiger partial charge on any atom is -0.324 e. The first-order valence-corrected chi connectivity index (χ1v) is 13.4. The number of halogens is 3. The molecule has 2 aromatic heterocycles. The summed E-state index contributed by atoms with van der Waals surface area (Å²) in [7, 11) is 0. The second-order valence-corrected chi connectivity index (χ2v) is 10.9. The normalized spacial score (nSPS) is 10.9. The molecule has 11 heteroatoms. The number of rotatable bonds is 6. The Morgan fingerprint density at radius 1 is 0.857 bits per heavy atom. The van der Waals surface area contributed by atoms with Crippen LogP contribution in [0.2, 0.25) is 0 Å². The summed E-state index contributed by atoms with van der Waals surface area (Å²) >= 11 is 1.38. The van der Waals surface area contributed by atoms with E-state index in [1.165, 1.54) is 29.5 Å². The lowest BCUT2D eigenvalue weighted by molar-refractivity contribution is -0.0980. The van der Waals surface area contributed by atoms with Crippen LogP contribution in [0.5, 0.6) is 0 Å². The fourth-order valence-corrected chi connectivity index (χ4v) is 5.01. The Morgan fingerprint density at radius 3 is 2.19 bits per heavy atom. The number of hydrogen-bond acceptors (Lipinski definition) is 7. The molecular weight excluding hydrogens is 563 g/mol. The minimum absolute atomic E-state index is 0.102. The van der Waals surface area contributed by atoms with Crippen molar-refractivity contribution in [3.8, 4) is 21.8 Å². The van der Waals surface area contributed by atoms with E-state index in [0.717, 1.165) is 28.9 Å². The molecule has 2 N–H and O–H groups in total. The highest BCUT2D eigenvalue weighted by atomic mass is 32.1. The highest BCUT2D eigenvalue weighted by Crippen LogP contribution is 2.42. The van der Waals surface area contributed by atoms with E-state index < -0.39 is 28.9 Å². The predicted octanol–water partition coefficient (Wildman–Crippen LogP) is 7.79. The van der Waals surface area contributed by atoms with Gasteiger partial charge in [-0.05, 0) is 42.5 Å². The maximum absolute atomic E-state index is 15.9. The number of hydrogen-bond donors (Lipinski definition) is 2. The summed E-state index contributed by atoms with van der Waals surface area (Å²) < 4.78 is 44.2. The molecule has 7 nitrogen and oxygen atoms in total. The molecule has 42 heavy (non-hydrogen) atoms. The molecule has 214 valence electrons. The second-order valence-electron chi connectivity index (χ2n) is 9.92. The Balaban J connectivity index is 0.00000198. The van der Waals surface area contributed by atoms with Gasteiger partial charge in [-0.3, -0.25) is 4.79 Å². The Labute approximate surface area is 244 Å². The second kappa shape index (κ2) is 12.7. The predicted molar refractivity (Wildman–Crippen MR) is 158 cm³/mol. The smallest absolute Gasteiger partial charge is 0.261 e. The van der Waals surface area contributed by atoms with Gasteiger partial charge in [-0.2, -0.15) is 0 Å². The van der Waals surface area contributed by atoms with Crippen LogP contribution in [-0.4, -0.2) is 27.6 Å². The lowest BCUT2D eigenvalue weighted by Gasteiger charge is -2.13. The molecule has 0 saturated carbocycles. The number of anilines is 3. The van der Waals surface area contributed by atoms with Crippen LogP contribution in [0, 0.1) is 17.5 Å². The van der Waals surface area contributed by atoms with Crippen LogP contribution in [0.4, 0.5) is 30.5 Å². The van der Waals surface area contributed by atoms with Gasteiger partial charge < -0.3 is 15.4 Å². The molecule has 0 saturated heterocycles. The standard InChI is InChI=1S/C30H24F3N5OS.CH2O/c1-30(2,3)28-38-25(26(40-28)22-15-16-34-29(37-22)35-17-9-5-4-6-10-17)18-11-7-14-21(24(18)33)36-27(39)23-19(31)12-8-13-20(23)32;1-2/h4-16H,1-3H3,(H,36,39)(H,34,35,37);1H2. The van der Waals surface area contributed by atoms with Crippen molar-refractivity contribution in [1.29, 1.82) is 0 Å². The highest BCUT2D eigenvalue weighted by Gasteiger charge is 2.27. The van der Waals surface area contributed by atoms with Gasteiger partial charge >= 0.3 is 0 Å². The lowest BCUT2D eigenvalue weighted by atomic mass is 9.98. The summed E-state index contributed by atoms with van der Waals surface area (Å²) in [6, 6.07) is 18.6. The number of thiazole rings is 1. The summed E-state index contributed by atoms with van der Waals surface area (Å²) in [4.78, 5) is 35.0. The number of carbonyl (C=O) groups excluding carboxylic acids is 2. The Bertz CT molecular complexity index is 1700. The molecule has 2 heterocycles. The zero-order valence-electron chi connectivity index (χ0n) is 22.9. The van der Waals surface area contributed by atoms with Gasteiger partial charge in [0.05, 0.1) is 27.0 Å². The number of amides is 1. The summed E-state index contributed by atoms with van der Waals surface area (Å²) in [6.07, 6.45) is 1.60. The first-order valence-electron chi connectivity index (χ1n) is 12.6. The molecule has 3 aromatic carbocycles. The molecule has 0 unspecified atom stereocenters. The van der Waals surface area contributed by atoms with Crippen LogP contribution in [0.3, 0.4) is 0 Å². The fourth-order valence-electron chi connectivity index (χ4n) is 3.90. The monoisotopic (exact) mass is 589 g/mol. The van der Waals surface area contributed by atoms with E-state index in [4.69, 9.17) is 9.78 Å². The van der Waals surface area contributed by atoms with Gasteiger partial charge in [0.25, 0.3) is 5.91 Å². The SMILES string of the molecule is C=O.CC(C)(C)c1nc(-c2cccc(NC(=O)c3c(F)cccc3F)c2F)c(-c2ccnc(Nc3ccccc3)n2)s1. The van der Waals surface area contributed by atoms with Gasteiger partial charge in [0, 0.05) is 22.9 Å². The fraction of sp³-hybridized carbons (Fsp3) is 0.129. The van der Waals surface area contributed by atoms with Gasteiger partial charge in [-0.1, -0.05) is 51.1 Å². The minimum atomic E-state index is -1.10. The van der Waals surface area contributed by atoms with E-state index in [9.17, 15) is 13.6 Å². The zero-order chi connectivity index (χ0) is 30.4. The van der Waals surface area contributed by atoms with Crippen LogP contribution < -0.4 is 10.6 Å². The molecule has 5 rings (SSSR count). The third-order valence-electron chi connectivity index (χ3n) is 5.88. The van der Waals surface area contributed by atoms with Gasteiger partial charge in [-0.25, -0.2) is 28.1 Å². The maximum atomic E-state index is 15.9. The van der Waals surface area contributed by atoms with Crippen molar-refractivity contribution in [3.05, 3.63) is 107 Å². The number of aromatic nitrogens is 3. The summed E-state index contributed by atoms with van der Waals surface area (Å²) in [5, 5.41) is 6.20. The quantitative estimate of drug-likeness (QED) is 0.210. The molecule has 0 aliphatic carbocycles. The third kappa shape index (κ3) is 6.52. The van der Waals surface area contributed by atoms with Gasteiger partial charge in [0.2, 0.25) is 5.95 Å². The van der Waals surface area contributed by atoms with Gasteiger partial charge in [-0.15, -0.1) is 11.3 Å². The van der Waals surface area contributed by atoms with E-state index in [2.05, 4.69) is 20.6 Å². The van der Waals surface area contributed by atoms with Crippen molar-refractivity contribution in [2.24, 2.45) is 0 Å². The summed E-state index contributed by atoms with van der Waals surface area (Å²) in [5.74, 6) is -3.64. The van der Waals surface area contributed by atoms with Crippen molar-refractivity contribution in [1.82, 2.24) is 15.0 Å². The average Bonchev–Trinajstić information content (AvgIpc) is 3.42. The first kappa shape index (κ1) is 30.1. The van der Waals surface area contributed by atoms with Crippen LogP contribution in [0.15, 0.2) is 79.0 Å². The number of para-hydroxylation sites is 1. The molecule has 0 fully saturated rings. The van der Waals surface area contributed by atoms with Crippen molar-refractivity contribution < 1.29 is 22.8 Å². The highest BCUT2D eigenvalue weighted by molar-refractivity contribution is 7.15. The van der Waals surface area contributed by atoms with Crippen LogP contribution in [-0.2, 0) is 10.2 Å². The number of nitrogens with zero attached hydrogens (tertiary/aromatic N) is 3. The Morgan fingerprint density at radius 2 is 1.52 bits per heavy atom. The molecule has 0 aliphatic heterocycles. The lowest BCUT2D eigenvalue weighted by Crippen LogP contribution is -2.17. The molecule has 0 bridgehead atoms. The average molecular weight is 590 g/mol. The zero-order valence-corrected chi connectivity index (χ0v) is 23.7. The number of carbonyl (C=O) groups is 2. The molecule has 0 atom stereocenters. The Kier molecular flexibility index (Phi) is 9.12. The van der Waals surface area contributed by atoms with E-state index in [1.54, 1.807) is 12.3 Å². The topological polar surface area (TPSA) is 96.9 Å². The van der Waals surface area contributed by atoms with Crippen LogP contribution >= 0.6 is 11.3 Å². The molecule has 0 radical (unpaired) electrons. The van der Waals surface area contributed by atoms with Crippen molar-refractivity contribution in [2.75, 3.05) is 10.6 Å². The number of benzene rings is 3. The van der Waals surface area contributed by atoms with Gasteiger partial charge in [0.1, 0.15) is 24.0 Å². The molecule has 0 spiro atoms. The van der Waals surface area contributed by atoms with Crippen LogP contribution in [0.25, 0.3) is 21.8 Å². The van der Waals surface area contributed by atoms with Gasteiger partial charge in [0.15, 0.2) is 5.82 Å². The molecule has 0 aliphatic rings. The Hall–Kier alpha value is -4.90. The van der Waals surface area contributed by atoms with Crippen molar-refractivity contribution >= 4 is 41.4 Å². The van der Waals surface area contributed by atoms with Crippen molar-refractivity contribution in [2.45, 2.75) is 26.2 Å². The maximum Gasteiger partial charge on any atom is 0.261 e. The summed E-state index contributed by atoms with van der Waals surface area (Å²) in [5.41, 5.74) is 0.376. The molecular formula is C31H26F3N5O2S. The molecule has 1 amide bonds. The van der Waals surface area contributed by atoms with E-state index in [1.807, 2.05) is 57.9 Å². The van der Waals surface area contributed by atoms with E-state index in [0.29, 0.717) is 22.2 Å². The van der Waals surface area contributed by atoms with E-state index in [-0.39, 0.29) is 16.7 Å². The number of nitrogens with one attached hydrogen (secondary N) is 2. The molecule has 5 aromatic rings. The van der Waals surface area contributed by atoms with Crippen molar-refractivity contribution in [3.63, 3.8) is 0 Å². The van der Waals surface area contributed by atoms with Crippen LogP contribution in [0.1, 0.15) is 36.1 Å². The third-order valence-corrected chi connectivity index (χ3v) is 7.38. The van der Waals surface area contributed by atoms with E-state index >= 15 is 4.39 Å². The first-order chi connectivity index (χ1) is 20.1. The largest absolute Gasteiger partial charge is 0.324 e. The summed E-state index contributed by atoms with van der Waals surface area (Å²) in [6.45, 7) is 7.99.